The van der Waals surface area contributed by atoms with E-state index in [-0.39, 0.29) is 5.02 Å². The van der Waals surface area contributed by atoms with E-state index in [1.165, 1.54) is 16.8 Å². The molecule has 1 nitrogen and oxygen atoms in total. The Morgan fingerprint density at radius 2 is 1.70 bits per heavy atom. The van der Waals surface area contributed by atoms with Crippen molar-refractivity contribution in [1.82, 2.24) is 0 Å². The van der Waals surface area contributed by atoms with Crippen LogP contribution in [0.15, 0.2) is 42.5 Å². The van der Waals surface area contributed by atoms with Crippen LogP contribution in [0.3, 0.4) is 0 Å². The van der Waals surface area contributed by atoms with Gasteiger partial charge in [0.25, 0.3) is 0 Å². The number of nitrogens with one attached hydrogen (secondary N) is 1. The molecule has 0 atom stereocenters. The molecule has 0 heterocycles. The van der Waals surface area contributed by atoms with Crippen LogP contribution in [0.25, 0.3) is 0 Å². The number of anilines is 1. The Morgan fingerprint density at radius 1 is 1.05 bits per heavy atom. The zero-order chi connectivity index (χ0) is 14.8. The van der Waals surface area contributed by atoms with Gasteiger partial charge in [-0.15, -0.1) is 0 Å². The van der Waals surface area contributed by atoms with Gasteiger partial charge in [0.15, 0.2) is 0 Å². The van der Waals surface area contributed by atoms with Crippen molar-refractivity contribution in [2.24, 2.45) is 0 Å². The fourth-order valence-electron chi connectivity index (χ4n) is 1.93. The zero-order valence-electron chi connectivity index (χ0n) is 12.0. The van der Waals surface area contributed by atoms with Gasteiger partial charge in [-0.3, -0.25) is 0 Å². The average molecular weight is 308 g/mol. The van der Waals surface area contributed by atoms with Crippen LogP contribution in [0.4, 0.5) is 10.1 Å². The molecule has 0 aromatic heterocycles. The molecular formula is C16H19ClFNSi. The highest BCUT2D eigenvalue weighted by Gasteiger charge is 2.15. The molecule has 0 saturated carbocycles. The monoisotopic (exact) mass is 307 g/mol. The summed E-state index contributed by atoms with van der Waals surface area (Å²) in [4.78, 5) is 0. The van der Waals surface area contributed by atoms with Crippen molar-refractivity contribution >= 4 is 30.5 Å². The summed E-state index contributed by atoms with van der Waals surface area (Å²) in [6, 6.07) is 13.4. The van der Waals surface area contributed by atoms with Crippen molar-refractivity contribution in [3.8, 4) is 0 Å². The van der Waals surface area contributed by atoms with E-state index >= 15 is 0 Å². The van der Waals surface area contributed by atoms with Gasteiger partial charge in [0, 0.05) is 12.2 Å². The molecule has 0 amide bonds. The van der Waals surface area contributed by atoms with Gasteiger partial charge in [0.05, 0.1) is 13.1 Å². The molecule has 0 fully saturated rings. The molecule has 4 heteroatoms. The Hall–Kier alpha value is -1.32. The van der Waals surface area contributed by atoms with Crippen molar-refractivity contribution in [3.05, 3.63) is 58.9 Å². The Labute approximate surface area is 125 Å². The number of hydrogen-bond acceptors (Lipinski definition) is 1. The molecule has 2 rings (SSSR count). The van der Waals surface area contributed by atoms with E-state index < -0.39 is 13.9 Å². The van der Waals surface area contributed by atoms with E-state index in [0.29, 0.717) is 6.54 Å². The summed E-state index contributed by atoms with van der Waals surface area (Å²) in [5, 5.41) is 4.79. The molecule has 0 spiro atoms. The fraction of sp³-hybridized carbons (Fsp3) is 0.250. The zero-order valence-corrected chi connectivity index (χ0v) is 13.8. The lowest BCUT2D eigenvalue weighted by Gasteiger charge is -2.17. The van der Waals surface area contributed by atoms with Crippen molar-refractivity contribution in [2.45, 2.75) is 26.2 Å². The summed E-state index contributed by atoms with van der Waals surface area (Å²) in [6.07, 6.45) is 0. The van der Waals surface area contributed by atoms with Gasteiger partial charge in [0.2, 0.25) is 0 Å². The summed E-state index contributed by atoms with van der Waals surface area (Å²) < 4.78 is 13.3. The van der Waals surface area contributed by atoms with E-state index in [9.17, 15) is 4.39 Å². The van der Waals surface area contributed by atoms with E-state index in [2.05, 4.69) is 49.2 Å². The van der Waals surface area contributed by atoms with Gasteiger partial charge >= 0.3 is 0 Å². The first-order valence-electron chi connectivity index (χ1n) is 6.64. The first kappa shape index (κ1) is 15.1. The lowest BCUT2D eigenvalue weighted by atomic mass is 10.2. The largest absolute Gasteiger partial charge is 0.381 e. The average Bonchev–Trinajstić information content (AvgIpc) is 2.40. The number of benzene rings is 2. The first-order chi connectivity index (χ1) is 9.36. The SMILES string of the molecule is C[Si](C)(C)c1ccc(CNc2ccc(Cl)c(F)c2)cc1. The van der Waals surface area contributed by atoms with E-state index in [4.69, 9.17) is 11.6 Å². The minimum Gasteiger partial charge on any atom is -0.381 e. The summed E-state index contributed by atoms with van der Waals surface area (Å²) in [7, 11) is -1.24. The summed E-state index contributed by atoms with van der Waals surface area (Å²) in [5.41, 5.74) is 1.92. The number of halogens is 2. The fourth-order valence-corrected chi connectivity index (χ4v) is 3.22. The second-order valence-electron chi connectivity index (χ2n) is 5.93. The predicted octanol–water partition coefficient (Wildman–Crippen LogP) is 4.64. The van der Waals surface area contributed by atoms with Crippen LogP contribution in [-0.4, -0.2) is 8.07 Å². The Balaban J connectivity index is 2.02. The quantitative estimate of drug-likeness (QED) is 0.812. The molecule has 0 saturated heterocycles. The van der Waals surface area contributed by atoms with E-state index in [1.54, 1.807) is 12.1 Å². The Kier molecular flexibility index (Phi) is 4.51. The summed E-state index contributed by atoms with van der Waals surface area (Å²) >= 11 is 5.66. The van der Waals surface area contributed by atoms with Crippen LogP contribution < -0.4 is 10.5 Å². The van der Waals surface area contributed by atoms with Crippen LogP contribution in [0.1, 0.15) is 5.56 Å². The maximum absolute atomic E-state index is 13.3. The molecule has 0 unspecified atom stereocenters. The van der Waals surface area contributed by atoms with E-state index in [0.717, 1.165) is 5.69 Å². The highest BCUT2D eigenvalue weighted by atomic mass is 35.5. The van der Waals surface area contributed by atoms with Crippen LogP contribution in [0, 0.1) is 5.82 Å². The highest BCUT2D eigenvalue weighted by Crippen LogP contribution is 2.19. The third kappa shape index (κ3) is 3.84. The van der Waals surface area contributed by atoms with Crippen molar-refractivity contribution in [2.75, 3.05) is 5.32 Å². The topological polar surface area (TPSA) is 12.0 Å². The maximum Gasteiger partial charge on any atom is 0.143 e. The maximum atomic E-state index is 13.3. The van der Waals surface area contributed by atoms with Crippen LogP contribution >= 0.6 is 11.6 Å². The highest BCUT2D eigenvalue weighted by molar-refractivity contribution is 6.88. The van der Waals surface area contributed by atoms with Gasteiger partial charge in [-0.25, -0.2) is 4.39 Å². The normalized spacial score (nSPS) is 11.4. The molecule has 2 aromatic rings. The Morgan fingerprint density at radius 3 is 2.25 bits per heavy atom. The van der Waals surface area contributed by atoms with Gasteiger partial charge < -0.3 is 5.32 Å². The molecule has 0 aliphatic carbocycles. The lowest BCUT2D eigenvalue weighted by molar-refractivity contribution is 0.628. The van der Waals surface area contributed by atoms with Crippen molar-refractivity contribution in [3.63, 3.8) is 0 Å². The van der Waals surface area contributed by atoms with E-state index in [1.807, 2.05) is 0 Å². The van der Waals surface area contributed by atoms with Gasteiger partial charge in [-0.2, -0.15) is 0 Å². The first-order valence-corrected chi connectivity index (χ1v) is 10.5. The number of hydrogen-bond donors (Lipinski definition) is 1. The molecule has 0 aliphatic rings. The molecule has 20 heavy (non-hydrogen) atoms. The Bertz CT molecular complexity index is 590. The minimum atomic E-state index is -1.24. The van der Waals surface area contributed by atoms with Crippen LogP contribution in [0.5, 0.6) is 0 Å². The summed E-state index contributed by atoms with van der Waals surface area (Å²) in [6.45, 7) is 7.66. The van der Waals surface area contributed by atoms with Crippen molar-refractivity contribution in [1.29, 1.82) is 0 Å². The molecule has 0 aliphatic heterocycles. The number of rotatable bonds is 4. The molecular weight excluding hydrogens is 289 g/mol. The standard InChI is InChI=1S/C16H19ClFNSi/c1-20(2,3)14-7-4-12(5-8-14)11-19-13-6-9-15(17)16(18)10-13/h4-10,19H,11H2,1-3H3. The smallest absolute Gasteiger partial charge is 0.143 e. The van der Waals surface area contributed by atoms with Crippen LogP contribution in [0.2, 0.25) is 24.7 Å². The molecule has 1 N–H and O–H groups in total. The molecule has 2 aromatic carbocycles. The van der Waals surface area contributed by atoms with Gasteiger partial charge in [0.1, 0.15) is 5.82 Å². The van der Waals surface area contributed by atoms with Crippen molar-refractivity contribution < 1.29 is 4.39 Å². The third-order valence-corrected chi connectivity index (χ3v) is 5.61. The predicted molar refractivity (Wildman–Crippen MR) is 88.2 cm³/mol. The molecule has 106 valence electrons. The second-order valence-corrected chi connectivity index (χ2v) is 11.4. The summed E-state index contributed by atoms with van der Waals surface area (Å²) in [5.74, 6) is -0.397. The third-order valence-electron chi connectivity index (χ3n) is 3.24. The van der Waals surface area contributed by atoms with Crippen LogP contribution in [-0.2, 0) is 6.54 Å². The lowest BCUT2D eigenvalue weighted by Crippen LogP contribution is -2.37. The minimum absolute atomic E-state index is 0.148. The molecule has 0 bridgehead atoms. The second kappa shape index (κ2) is 5.98. The van der Waals surface area contributed by atoms with Gasteiger partial charge in [-0.05, 0) is 23.8 Å². The molecule has 0 radical (unpaired) electrons. The van der Waals surface area contributed by atoms with Gasteiger partial charge in [-0.1, -0.05) is 60.7 Å².